The van der Waals surface area contributed by atoms with Crippen LogP contribution in [0.25, 0.3) is 10.8 Å². The molecule has 0 saturated heterocycles. The van der Waals surface area contributed by atoms with Crippen LogP contribution in [0, 0.1) is 6.92 Å². The van der Waals surface area contributed by atoms with Crippen molar-refractivity contribution in [1.29, 1.82) is 0 Å². The first-order valence-electron chi connectivity index (χ1n) is 10.7. The van der Waals surface area contributed by atoms with Gasteiger partial charge in [-0.2, -0.15) is 16.8 Å². The third kappa shape index (κ3) is 6.20. The Bertz CT molecular complexity index is 2030. The predicted molar refractivity (Wildman–Crippen MR) is 148 cm³/mol. The van der Waals surface area contributed by atoms with Crippen molar-refractivity contribution in [3.05, 3.63) is 76.3 Å². The smallest absolute Gasteiger partial charge is 0.296 e. The molecule has 17 heteroatoms. The van der Waals surface area contributed by atoms with E-state index in [-0.39, 0.29) is 20.6 Å². The maximum absolute atomic E-state index is 13.1. The number of azo groups is 1. The Labute approximate surface area is 238 Å². The largest absolute Gasteiger partial charge is 0.505 e. The number of rotatable bonds is 7. The quantitative estimate of drug-likeness (QED) is 0.140. The molecule has 40 heavy (non-hydrogen) atoms. The van der Waals surface area contributed by atoms with Gasteiger partial charge in [-0.1, -0.05) is 40.9 Å². The molecule has 0 fully saturated rings. The zero-order valence-electron chi connectivity index (χ0n) is 19.9. The van der Waals surface area contributed by atoms with Crippen LogP contribution in [0.1, 0.15) is 5.56 Å². The Morgan fingerprint density at radius 3 is 2.02 bits per heavy atom. The van der Waals surface area contributed by atoms with Crippen molar-refractivity contribution < 1.29 is 39.5 Å². The number of hydrogen-bond donors (Lipinski definition) is 4. The van der Waals surface area contributed by atoms with Crippen LogP contribution in [0.5, 0.6) is 5.75 Å². The van der Waals surface area contributed by atoms with Crippen LogP contribution in [0.4, 0.5) is 17.1 Å². The van der Waals surface area contributed by atoms with Gasteiger partial charge in [-0.25, -0.2) is 8.42 Å². The summed E-state index contributed by atoms with van der Waals surface area (Å²) in [5, 5.41) is 18.1. The molecule has 0 atom stereocenters. The summed E-state index contributed by atoms with van der Waals surface area (Å²) >= 11 is 12.0. The van der Waals surface area contributed by atoms with E-state index in [2.05, 4.69) is 15.0 Å². The molecule has 0 saturated carbocycles. The van der Waals surface area contributed by atoms with Crippen LogP contribution in [0.3, 0.4) is 0 Å². The number of benzene rings is 4. The molecule has 0 aromatic heterocycles. The number of fused-ring (bicyclic) bond motifs is 1. The van der Waals surface area contributed by atoms with E-state index in [1.54, 1.807) is 6.92 Å². The van der Waals surface area contributed by atoms with Gasteiger partial charge in [0.2, 0.25) is 0 Å². The van der Waals surface area contributed by atoms with E-state index in [0.717, 1.165) is 17.7 Å². The number of aryl methyl sites for hydroxylation is 1. The molecule has 4 rings (SSSR count). The fraction of sp³-hybridized carbons (Fsp3) is 0.0435. The van der Waals surface area contributed by atoms with E-state index in [1.807, 2.05) is 0 Å². The minimum absolute atomic E-state index is 0.0445. The van der Waals surface area contributed by atoms with Crippen LogP contribution in [-0.2, 0) is 30.3 Å². The lowest BCUT2D eigenvalue weighted by atomic mass is 10.1. The average Bonchev–Trinajstić information content (AvgIpc) is 2.83. The van der Waals surface area contributed by atoms with Crippen molar-refractivity contribution in [1.82, 2.24) is 0 Å². The van der Waals surface area contributed by atoms with Gasteiger partial charge in [-0.3, -0.25) is 13.8 Å². The molecule has 0 spiro atoms. The van der Waals surface area contributed by atoms with E-state index in [9.17, 15) is 39.5 Å². The summed E-state index contributed by atoms with van der Waals surface area (Å²) in [5.74, 6) is -1.00. The van der Waals surface area contributed by atoms with E-state index in [4.69, 9.17) is 23.2 Å². The number of nitrogens with zero attached hydrogens (tertiary/aromatic N) is 2. The highest BCUT2D eigenvalue weighted by Gasteiger charge is 2.27. The Morgan fingerprint density at radius 2 is 1.43 bits per heavy atom. The SMILES string of the molecule is Cc1ccc(S(=O)(=O)Nc2cc(S(=O)(=O)O)cc3cc(S(=O)(=O)O)c(/N=N\c4cc(Cl)ccc4Cl)c(O)c23)cc1. The first-order valence-corrected chi connectivity index (χ1v) is 15.8. The lowest BCUT2D eigenvalue weighted by Crippen LogP contribution is -2.14. The van der Waals surface area contributed by atoms with Crippen LogP contribution < -0.4 is 4.72 Å². The summed E-state index contributed by atoms with van der Waals surface area (Å²) in [4.78, 5) is -2.09. The molecular formula is C23H17Cl2N3O9S3. The molecule has 0 heterocycles. The predicted octanol–water partition coefficient (Wildman–Crippen LogP) is 5.87. The Hall–Kier alpha value is -3.31. The summed E-state index contributed by atoms with van der Waals surface area (Å²) in [7, 11) is -14.5. The van der Waals surface area contributed by atoms with Crippen LogP contribution in [-0.4, -0.2) is 39.5 Å². The van der Waals surface area contributed by atoms with Gasteiger partial charge in [0.05, 0.1) is 25.9 Å². The molecule has 0 amide bonds. The van der Waals surface area contributed by atoms with Crippen molar-refractivity contribution >= 4 is 81.3 Å². The summed E-state index contributed by atoms with van der Waals surface area (Å²) < 4.78 is 96.1. The van der Waals surface area contributed by atoms with Gasteiger partial charge >= 0.3 is 0 Å². The van der Waals surface area contributed by atoms with E-state index in [1.165, 1.54) is 42.5 Å². The number of phenols is 1. The number of anilines is 1. The number of aromatic hydroxyl groups is 1. The zero-order chi connectivity index (χ0) is 29.6. The molecule has 210 valence electrons. The average molecular weight is 647 g/mol. The number of halogens is 2. The first kappa shape index (κ1) is 29.7. The second kappa shape index (κ2) is 10.6. The zero-order valence-corrected chi connectivity index (χ0v) is 23.9. The van der Waals surface area contributed by atoms with E-state index >= 15 is 0 Å². The molecule has 0 aliphatic heterocycles. The number of phenolic OH excluding ortho intramolecular Hbond substituents is 1. The topological polar surface area (TPSA) is 200 Å². The van der Waals surface area contributed by atoms with Crippen LogP contribution >= 0.6 is 23.2 Å². The van der Waals surface area contributed by atoms with E-state index in [0.29, 0.717) is 6.07 Å². The molecule has 0 bridgehead atoms. The summed E-state index contributed by atoms with van der Waals surface area (Å²) in [6, 6.07) is 11.9. The summed E-state index contributed by atoms with van der Waals surface area (Å²) in [5.41, 5.74) is -0.691. The number of nitrogens with one attached hydrogen (secondary N) is 1. The van der Waals surface area contributed by atoms with Gasteiger partial charge in [0.25, 0.3) is 30.3 Å². The summed E-state index contributed by atoms with van der Waals surface area (Å²) in [6.07, 6.45) is 0. The number of sulfonamides is 1. The van der Waals surface area contributed by atoms with Crippen molar-refractivity contribution in [2.75, 3.05) is 4.72 Å². The van der Waals surface area contributed by atoms with Gasteiger partial charge in [-0.05, 0) is 60.8 Å². The molecular weight excluding hydrogens is 629 g/mol. The van der Waals surface area contributed by atoms with Gasteiger partial charge in [0, 0.05) is 5.02 Å². The van der Waals surface area contributed by atoms with Gasteiger partial charge in [0.1, 0.15) is 16.3 Å². The normalized spacial score (nSPS) is 12.7. The molecule has 4 aromatic rings. The monoisotopic (exact) mass is 645 g/mol. The second-order valence-electron chi connectivity index (χ2n) is 8.31. The van der Waals surface area contributed by atoms with E-state index < -0.39 is 67.9 Å². The van der Waals surface area contributed by atoms with Gasteiger partial charge in [0.15, 0.2) is 5.75 Å². The maximum atomic E-state index is 13.1. The Balaban J connectivity index is 2.04. The third-order valence-electron chi connectivity index (χ3n) is 5.44. The fourth-order valence-electron chi connectivity index (χ4n) is 3.57. The van der Waals surface area contributed by atoms with Crippen molar-refractivity contribution in [2.45, 2.75) is 21.6 Å². The van der Waals surface area contributed by atoms with Crippen molar-refractivity contribution in [3.63, 3.8) is 0 Å². The highest BCUT2D eigenvalue weighted by molar-refractivity contribution is 7.92. The molecule has 0 aliphatic rings. The highest BCUT2D eigenvalue weighted by atomic mass is 35.5. The van der Waals surface area contributed by atoms with Crippen molar-refractivity contribution in [2.24, 2.45) is 10.2 Å². The van der Waals surface area contributed by atoms with Gasteiger partial charge in [-0.15, -0.1) is 10.2 Å². The van der Waals surface area contributed by atoms with Crippen LogP contribution in [0.2, 0.25) is 10.0 Å². The number of hydrogen-bond acceptors (Lipinski definition) is 9. The molecule has 4 aromatic carbocycles. The Kier molecular flexibility index (Phi) is 7.85. The molecule has 0 radical (unpaired) electrons. The maximum Gasteiger partial charge on any atom is 0.296 e. The van der Waals surface area contributed by atoms with Crippen LogP contribution in [0.15, 0.2) is 85.6 Å². The molecule has 4 N–H and O–H groups in total. The second-order valence-corrected chi connectivity index (χ2v) is 13.6. The highest BCUT2D eigenvalue weighted by Crippen LogP contribution is 2.46. The molecule has 0 unspecified atom stereocenters. The third-order valence-corrected chi connectivity index (χ3v) is 9.08. The Morgan fingerprint density at radius 1 is 0.775 bits per heavy atom. The summed E-state index contributed by atoms with van der Waals surface area (Å²) in [6.45, 7) is 1.73. The lowest BCUT2D eigenvalue weighted by Gasteiger charge is -2.16. The van der Waals surface area contributed by atoms with Crippen molar-refractivity contribution in [3.8, 4) is 5.75 Å². The van der Waals surface area contributed by atoms with Gasteiger partial charge < -0.3 is 5.11 Å². The molecule has 0 aliphatic carbocycles. The minimum Gasteiger partial charge on any atom is -0.505 e. The fourth-order valence-corrected chi connectivity index (χ4v) is 6.15. The first-order chi connectivity index (χ1) is 18.5. The molecule has 12 nitrogen and oxygen atoms in total. The minimum atomic E-state index is -5.14. The lowest BCUT2D eigenvalue weighted by molar-refractivity contribution is 0.472. The standard InChI is InChI=1S/C23H17Cl2N3O9S3/c1-12-2-5-15(6-3-12)38(30,31)28-19-11-16(39(32,33)34)8-13-9-20(40(35,36)37)22(23(29)21(13)19)27-26-18-10-14(24)4-7-17(18)25/h2-11,28-29H,1H3,(H,32,33,34)(H,35,36,37)/b27-26-.